The van der Waals surface area contributed by atoms with Crippen LogP contribution in [0.5, 0.6) is 0 Å². The Morgan fingerprint density at radius 2 is 1.86 bits per heavy atom. The number of carbonyl (C=O) groups excluding carboxylic acids is 1. The number of amides is 1. The van der Waals surface area contributed by atoms with Gasteiger partial charge in [0.25, 0.3) is 0 Å². The summed E-state index contributed by atoms with van der Waals surface area (Å²) in [4.78, 5) is 13.8. The smallest absolute Gasteiger partial charge is 0.410 e. The largest absolute Gasteiger partial charge is 0.444 e. The van der Waals surface area contributed by atoms with E-state index in [1.54, 1.807) is 0 Å². The summed E-state index contributed by atoms with van der Waals surface area (Å²) in [5, 5.41) is 0. The molecule has 1 amide bonds. The van der Waals surface area contributed by atoms with Crippen molar-refractivity contribution in [2.24, 2.45) is 5.92 Å². The first kappa shape index (κ1) is 16.6. The normalized spacial score (nSPS) is 17.0. The lowest BCUT2D eigenvalue weighted by Crippen LogP contribution is -2.41. The van der Waals surface area contributed by atoms with Crippen LogP contribution in [-0.2, 0) is 4.74 Å². The van der Waals surface area contributed by atoms with Crippen LogP contribution in [0.1, 0.15) is 45.6 Å². The van der Waals surface area contributed by atoms with Gasteiger partial charge in [0, 0.05) is 13.1 Å². The Morgan fingerprint density at radius 1 is 1.23 bits per heavy atom. The van der Waals surface area contributed by atoms with Crippen molar-refractivity contribution in [1.82, 2.24) is 4.90 Å². The summed E-state index contributed by atoms with van der Waals surface area (Å²) < 4.78 is 5.42. The van der Waals surface area contributed by atoms with Gasteiger partial charge in [-0.15, -0.1) is 0 Å². The molecule has 0 N–H and O–H groups in total. The molecule has 0 saturated carbocycles. The number of nitrogens with zero attached hydrogens (tertiary/aromatic N) is 1. The topological polar surface area (TPSA) is 29.5 Å². The second-order valence-corrected chi connectivity index (χ2v) is 6.96. The van der Waals surface area contributed by atoms with Crippen molar-refractivity contribution in [2.75, 3.05) is 13.1 Å². The van der Waals surface area contributed by atoms with E-state index >= 15 is 0 Å². The van der Waals surface area contributed by atoms with Gasteiger partial charge in [-0.3, -0.25) is 0 Å². The maximum Gasteiger partial charge on any atom is 0.410 e. The van der Waals surface area contributed by atoms with Crippen LogP contribution in [0.2, 0.25) is 0 Å². The molecular weight excluding hydrogens is 274 g/mol. The van der Waals surface area contributed by atoms with Gasteiger partial charge in [-0.2, -0.15) is 0 Å². The third kappa shape index (κ3) is 5.55. The Morgan fingerprint density at radius 3 is 2.45 bits per heavy atom. The maximum atomic E-state index is 12.0. The molecule has 120 valence electrons. The van der Waals surface area contributed by atoms with Gasteiger partial charge >= 0.3 is 6.09 Å². The van der Waals surface area contributed by atoms with Gasteiger partial charge in [-0.05, 0) is 51.5 Å². The molecule has 0 spiro atoms. The van der Waals surface area contributed by atoms with E-state index in [9.17, 15) is 4.79 Å². The summed E-state index contributed by atoms with van der Waals surface area (Å²) >= 11 is 0. The highest BCUT2D eigenvalue weighted by Crippen LogP contribution is 2.23. The molecule has 1 aliphatic rings. The number of hydrogen-bond acceptors (Lipinski definition) is 2. The molecule has 0 aliphatic carbocycles. The van der Waals surface area contributed by atoms with Crippen LogP contribution in [0.25, 0.3) is 6.08 Å². The van der Waals surface area contributed by atoms with Gasteiger partial charge in [-0.25, -0.2) is 4.79 Å². The molecular formula is C19H27NO2. The molecule has 0 atom stereocenters. The molecule has 0 unspecified atom stereocenters. The number of benzene rings is 1. The number of hydrogen-bond donors (Lipinski definition) is 0. The van der Waals surface area contributed by atoms with Gasteiger partial charge in [0.1, 0.15) is 5.60 Å². The zero-order chi connectivity index (χ0) is 16.0. The summed E-state index contributed by atoms with van der Waals surface area (Å²) in [5.41, 5.74) is 0.834. The van der Waals surface area contributed by atoms with Crippen LogP contribution in [0, 0.1) is 5.92 Å². The molecule has 22 heavy (non-hydrogen) atoms. The van der Waals surface area contributed by atoms with Gasteiger partial charge < -0.3 is 9.64 Å². The Labute approximate surface area is 134 Å². The number of piperidine rings is 1. The molecule has 0 aromatic heterocycles. The Bertz CT molecular complexity index is 494. The van der Waals surface area contributed by atoms with E-state index in [0.717, 1.165) is 32.4 Å². The predicted molar refractivity (Wildman–Crippen MR) is 90.6 cm³/mol. The van der Waals surface area contributed by atoms with Crippen molar-refractivity contribution in [3.63, 3.8) is 0 Å². The third-order valence-electron chi connectivity index (χ3n) is 3.85. The van der Waals surface area contributed by atoms with Crippen molar-refractivity contribution in [1.29, 1.82) is 0 Å². The quantitative estimate of drug-likeness (QED) is 0.807. The van der Waals surface area contributed by atoms with Gasteiger partial charge in [0.05, 0.1) is 0 Å². The molecule has 1 aromatic rings. The molecule has 3 nitrogen and oxygen atoms in total. The van der Waals surface area contributed by atoms with Crippen LogP contribution >= 0.6 is 0 Å². The Balaban J connectivity index is 1.73. The lowest BCUT2D eigenvalue weighted by atomic mass is 9.93. The fourth-order valence-electron chi connectivity index (χ4n) is 2.64. The average Bonchev–Trinajstić information content (AvgIpc) is 2.47. The van der Waals surface area contributed by atoms with Gasteiger partial charge in [-0.1, -0.05) is 42.5 Å². The number of ether oxygens (including phenoxy) is 1. The van der Waals surface area contributed by atoms with Crippen molar-refractivity contribution < 1.29 is 9.53 Å². The van der Waals surface area contributed by atoms with E-state index in [4.69, 9.17) is 4.74 Å². The first-order valence-corrected chi connectivity index (χ1v) is 8.13. The second-order valence-electron chi connectivity index (χ2n) is 6.96. The van der Waals surface area contributed by atoms with E-state index in [0.29, 0.717) is 5.92 Å². The minimum Gasteiger partial charge on any atom is -0.444 e. The van der Waals surface area contributed by atoms with Crippen molar-refractivity contribution in [3.8, 4) is 0 Å². The van der Waals surface area contributed by atoms with Crippen LogP contribution in [0.3, 0.4) is 0 Å². The highest BCUT2D eigenvalue weighted by Gasteiger charge is 2.26. The van der Waals surface area contributed by atoms with Crippen LogP contribution in [0.15, 0.2) is 36.4 Å². The van der Waals surface area contributed by atoms with E-state index in [-0.39, 0.29) is 6.09 Å². The molecule has 1 heterocycles. The van der Waals surface area contributed by atoms with Crippen molar-refractivity contribution >= 4 is 12.2 Å². The van der Waals surface area contributed by atoms with Crippen molar-refractivity contribution in [3.05, 3.63) is 42.0 Å². The first-order chi connectivity index (χ1) is 10.4. The Hall–Kier alpha value is -1.77. The summed E-state index contributed by atoms with van der Waals surface area (Å²) in [6.07, 6.45) is 7.45. The van der Waals surface area contributed by atoms with E-state index in [1.165, 1.54) is 5.56 Å². The zero-order valence-electron chi connectivity index (χ0n) is 13.9. The zero-order valence-corrected chi connectivity index (χ0v) is 13.9. The molecule has 1 aromatic carbocycles. The number of allylic oxidation sites excluding steroid dienone is 1. The summed E-state index contributed by atoms with van der Waals surface area (Å²) in [6, 6.07) is 10.4. The van der Waals surface area contributed by atoms with Crippen LogP contribution in [0.4, 0.5) is 4.79 Å². The number of rotatable bonds is 3. The Kier molecular flexibility index (Phi) is 5.64. The van der Waals surface area contributed by atoms with Crippen molar-refractivity contribution in [2.45, 2.75) is 45.6 Å². The molecule has 0 radical (unpaired) electrons. The molecule has 2 rings (SSSR count). The fraction of sp³-hybridized carbons (Fsp3) is 0.526. The SMILES string of the molecule is CC(C)(C)OC(=O)N1CCC(CC=Cc2ccccc2)CC1. The second kappa shape index (κ2) is 7.48. The van der Waals surface area contributed by atoms with Gasteiger partial charge in [0.15, 0.2) is 0 Å². The number of carbonyl (C=O) groups is 1. The lowest BCUT2D eigenvalue weighted by Gasteiger charge is -2.33. The average molecular weight is 301 g/mol. The first-order valence-electron chi connectivity index (χ1n) is 8.13. The standard InChI is InChI=1S/C19H27NO2/c1-19(2,3)22-18(21)20-14-12-17(13-15-20)11-7-10-16-8-5-4-6-9-16/h4-10,17H,11-15H2,1-3H3. The van der Waals surface area contributed by atoms with E-state index in [2.05, 4.69) is 36.4 Å². The van der Waals surface area contributed by atoms with Gasteiger partial charge in [0.2, 0.25) is 0 Å². The van der Waals surface area contributed by atoms with Crippen LogP contribution < -0.4 is 0 Å². The summed E-state index contributed by atoms with van der Waals surface area (Å²) in [6.45, 7) is 7.33. The minimum atomic E-state index is -0.410. The molecule has 3 heteroatoms. The molecule has 1 fully saturated rings. The lowest BCUT2D eigenvalue weighted by molar-refractivity contribution is 0.0185. The van der Waals surface area contributed by atoms with E-state index < -0.39 is 5.60 Å². The molecule has 1 aliphatic heterocycles. The highest BCUT2D eigenvalue weighted by molar-refractivity contribution is 5.68. The monoisotopic (exact) mass is 301 g/mol. The highest BCUT2D eigenvalue weighted by atomic mass is 16.6. The molecule has 0 bridgehead atoms. The fourth-order valence-corrected chi connectivity index (χ4v) is 2.64. The molecule has 1 saturated heterocycles. The van der Waals surface area contributed by atoms with Crippen LogP contribution in [-0.4, -0.2) is 29.7 Å². The number of likely N-dealkylation sites (tertiary alicyclic amines) is 1. The summed E-state index contributed by atoms with van der Waals surface area (Å²) in [7, 11) is 0. The van der Waals surface area contributed by atoms with E-state index in [1.807, 2.05) is 31.7 Å². The third-order valence-corrected chi connectivity index (χ3v) is 3.85. The maximum absolute atomic E-state index is 12.0. The minimum absolute atomic E-state index is 0.175. The summed E-state index contributed by atoms with van der Waals surface area (Å²) in [5.74, 6) is 0.665. The predicted octanol–water partition coefficient (Wildman–Crippen LogP) is 4.74.